The number of hydrogen-bond donors (Lipinski definition) is 1. The molecule has 1 aliphatic heterocycles. The van der Waals surface area contributed by atoms with E-state index in [1.807, 2.05) is 32.0 Å². The molecule has 0 amide bonds. The van der Waals surface area contributed by atoms with Gasteiger partial charge < -0.3 is 14.5 Å². The Hall–Kier alpha value is -2.23. The van der Waals surface area contributed by atoms with Crippen LogP contribution in [-0.4, -0.2) is 49.0 Å². The lowest BCUT2D eigenvalue weighted by atomic mass is 10.3. The fourth-order valence-corrected chi connectivity index (χ4v) is 5.65. The van der Waals surface area contributed by atoms with Crippen LogP contribution < -0.4 is 9.47 Å². The highest BCUT2D eigenvalue weighted by Crippen LogP contribution is 2.35. The smallest absolute Gasteiger partial charge is 0.243 e. The number of ether oxygens (including phenoxy) is 2. The van der Waals surface area contributed by atoms with E-state index in [1.165, 1.54) is 4.31 Å². The van der Waals surface area contributed by atoms with E-state index in [4.69, 9.17) is 9.47 Å². The predicted octanol–water partition coefficient (Wildman–Crippen LogP) is 4.05. The SMILES string of the molecule is CCN(CC)S(=O)(=O)c1ccc2nc(CSc3ccc4c(c3)OCCCO4)[nH]c2c1. The van der Waals surface area contributed by atoms with Crippen LogP contribution in [0.3, 0.4) is 0 Å². The molecule has 1 aromatic heterocycles. The van der Waals surface area contributed by atoms with E-state index in [0.717, 1.165) is 39.7 Å². The van der Waals surface area contributed by atoms with Gasteiger partial charge in [0.15, 0.2) is 11.5 Å². The summed E-state index contributed by atoms with van der Waals surface area (Å²) in [5.74, 6) is 2.97. The largest absolute Gasteiger partial charge is 0.490 e. The fourth-order valence-electron chi connectivity index (χ4n) is 3.37. The summed E-state index contributed by atoms with van der Waals surface area (Å²) < 4.78 is 38.4. The van der Waals surface area contributed by atoms with E-state index in [1.54, 1.807) is 30.0 Å². The van der Waals surface area contributed by atoms with Gasteiger partial charge in [-0.1, -0.05) is 13.8 Å². The van der Waals surface area contributed by atoms with Gasteiger partial charge in [-0.3, -0.25) is 0 Å². The van der Waals surface area contributed by atoms with Crippen molar-refractivity contribution in [2.24, 2.45) is 0 Å². The molecule has 0 saturated carbocycles. The van der Waals surface area contributed by atoms with Crippen molar-refractivity contribution in [2.45, 2.75) is 35.8 Å². The summed E-state index contributed by atoms with van der Waals surface area (Å²) in [5.41, 5.74) is 1.47. The molecule has 2 aromatic carbocycles. The number of sulfonamides is 1. The van der Waals surface area contributed by atoms with E-state index >= 15 is 0 Å². The second kappa shape index (κ2) is 8.87. The van der Waals surface area contributed by atoms with Crippen LogP contribution >= 0.6 is 11.8 Å². The molecule has 0 spiro atoms. The standard InChI is InChI=1S/C21H25N3O4S2/c1-3-24(4-2)30(25,26)16-7-8-17-18(13-16)23-21(22-17)14-29-15-6-9-19-20(12-15)28-11-5-10-27-19/h6-9,12-13H,3-5,10-11,14H2,1-2H3,(H,22,23). The van der Waals surface area contributed by atoms with Gasteiger partial charge in [0.25, 0.3) is 0 Å². The second-order valence-electron chi connectivity index (χ2n) is 6.90. The lowest BCUT2D eigenvalue weighted by Crippen LogP contribution is -2.30. The maximum atomic E-state index is 12.8. The first kappa shape index (κ1) is 21.0. The molecule has 4 rings (SSSR count). The number of hydrogen-bond acceptors (Lipinski definition) is 6. The molecule has 0 unspecified atom stereocenters. The van der Waals surface area contributed by atoms with E-state index in [2.05, 4.69) is 9.97 Å². The Morgan fingerprint density at radius 1 is 1.07 bits per heavy atom. The summed E-state index contributed by atoms with van der Waals surface area (Å²) in [6.45, 7) is 5.89. The van der Waals surface area contributed by atoms with Gasteiger partial charge in [-0.15, -0.1) is 11.8 Å². The average Bonchev–Trinajstić information content (AvgIpc) is 3.01. The highest BCUT2D eigenvalue weighted by molar-refractivity contribution is 7.98. The van der Waals surface area contributed by atoms with Crippen LogP contribution in [0.4, 0.5) is 0 Å². The number of H-pyrrole nitrogens is 1. The molecule has 9 heteroatoms. The zero-order valence-corrected chi connectivity index (χ0v) is 18.7. The summed E-state index contributed by atoms with van der Waals surface area (Å²) in [6.07, 6.45) is 0.877. The van der Waals surface area contributed by atoms with Crippen LogP contribution in [0.1, 0.15) is 26.1 Å². The van der Waals surface area contributed by atoms with Crippen molar-refractivity contribution in [1.82, 2.24) is 14.3 Å². The van der Waals surface area contributed by atoms with Gasteiger partial charge in [-0.25, -0.2) is 13.4 Å². The Balaban J connectivity index is 1.51. The highest BCUT2D eigenvalue weighted by Gasteiger charge is 2.22. The number of rotatable bonds is 7. The summed E-state index contributed by atoms with van der Waals surface area (Å²) in [4.78, 5) is 9.19. The van der Waals surface area contributed by atoms with Crippen LogP contribution in [0.25, 0.3) is 11.0 Å². The molecule has 160 valence electrons. The normalized spacial score (nSPS) is 14.2. The van der Waals surface area contributed by atoms with E-state index in [0.29, 0.717) is 32.1 Å². The van der Waals surface area contributed by atoms with Crippen molar-refractivity contribution in [3.8, 4) is 11.5 Å². The Morgan fingerprint density at radius 3 is 2.60 bits per heavy atom. The van der Waals surface area contributed by atoms with Crippen molar-refractivity contribution in [2.75, 3.05) is 26.3 Å². The molecule has 0 fully saturated rings. The van der Waals surface area contributed by atoms with Crippen LogP contribution in [0.5, 0.6) is 11.5 Å². The molecule has 3 aromatic rings. The lowest BCUT2D eigenvalue weighted by molar-refractivity contribution is 0.297. The van der Waals surface area contributed by atoms with Crippen LogP contribution in [0.2, 0.25) is 0 Å². The molecular weight excluding hydrogens is 422 g/mol. The van der Waals surface area contributed by atoms with Crippen molar-refractivity contribution >= 4 is 32.8 Å². The van der Waals surface area contributed by atoms with Crippen molar-refractivity contribution < 1.29 is 17.9 Å². The molecule has 30 heavy (non-hydrogen) atoms. The quantitative estimate of drug-likeness (QED) is 0.550. The number of nitrogens with zero attached hydrogens (tertiary/aromatic N) is 2. The summed E-state index contributed by atoms with van der Waals surface area (Å²) >= 11 is 1.63. The molecule has 0 radical (unpaired) electrons. The van der Waals surface area contributed by atoms with Gasteiger partial charge in [0.05, 0.1) is 34.9 Å². The maximum Gasteiger partial charge on any atom is 0.243 e. The summed E-state index contributed by atoms with van der Waals surface area (Å²) in [5, 5.41) is 0. The minimum atomic E-state index is -3.50. The third kappa shape index (κ3) is 4.28. The first-order valence-corrected chi connectivity index (χ1v) is 12.4. The van der Waals surface area contributed by atoms with Crippen molar-refractivity contribution in [3.05, 3.63) is 42.2 Å². The van der Waals surface area contributed by atoms with Crippen molar-refractivity contribution in [1.29, 1.82) is 0 Å². The van der Waals surface area contributed by atoms with Gasteiger partial charge in [0.2, 0.25) is 10.0 Å². The summed E-state index contributed by atoms with van der Waals surface area (Å²) in [7, 11) is -3.50. The molecule has 7 nitrogen and oxygen atoms in total. The van der Waals surface area contributed by atoms with Crippen LogP contribution in [-0.2, 0) is 15.8 Å². The molecule has 1 aliphatic rings. The Bertz CT molecular complexity index is 1140. The average molecular weight is 448 g/mol. The first-order chi connectivity index (χ1) is 14.5. The van der Waals surface area contributed by atoms with E-state index in [-0.39, 0.29) is 4.90 Å². The molecule has 0 atom stereocenters. The maximum absolute atomic E-state index is 12.8. The fraction of sp³-hybridized carbons (Fsp3) is 0.381. The van der Waals surface area contributed by atoms with Gasteiger partial charge in [0, 0.05) is 24.4 Å². The topological polar surface area (TPSA) is 84.5 Å². The number of aromatic nitrogens is 2. The molecular formula is C21H25N3O4S2. The number of thioether (sulfide) groups is 1. The Labute approximate surface area is 180 Å². The number of nitrogens with one attached hydrogen (secondary N) is 1. The zero-order chi connectivity index (χ0) is 21.1. The first-order valence-electron chi connectivity index (χ1n) is 10.0. The molecule has 0 aliphatic carbocycles. The zero-order valence-electron chi connectivity index (χ0n) is 17.1. The van der Waals surface area contributed by atoms with Crippen LogP contribution in [0.15, 0.2) is 46.2 Å². The number of imidazole rings is 1. The monoisotopic (exact) mass is 447 g/mol. The lowest BCUT2D eigenvalue weighted by Gasteiger charge is -2.18. The third-order valence-electron chi connectivity index (χ3n) is 4.94. The molecule has 0 bridgehead atoms. The highest BCUT2D eigenvalue weighted by atomic mass is 32.2. The minimum Gasteiger partial charge on any atom is -0.490 e. The number of aromatic amines is 1. The Kier molecular flexibility index (Phi) is 6.21. The van der Waals surface area contributed by atoms with Gasteiger partial charge in [-0.2, -0.15) is 4.31 Å². The molecule has 2 heterocycles. The molecule has 0 saturated heterocycles. The molecule has 1 N–H and O–H groups in total. The van der Waals surface area contributed by atoms with Gasteiger partial charge in [0.1, 0.15) is 5.82 Å². The third-order valence-corrected chi connectivity index (χ3v) is 7.99. The minimum absolute atomic E-state index is 0.282. The van der Waals surface area contributed by atoms with Crippen LogP contribution in [0, 0.1) is 0 Å². The second-order valence-corrected chi connectivity index (χ2v) is 9.89. The van der Waals surface area contributed by atoms with Crippen molar-refractivity contribution in [3.63, 3.8) is 0 Å². The number of benzene rings is 2. The van der Waals surface area contributed by atoms with Gasteiger partial charge in [-0.05, 0) is 36.4 Å². The Morgan fingerprint density at radius 2 is 1.83 bits per heavy atom. The summed E-state index contributed by atoms with van der Waals surface area (Å²) in [6, 6.07) is 11.0. The predicted molar refractivity (Wildman–Crippen MR) is 118 cm³/mol. The van der Waals surface area contributed by atoms with Gasteiger partial charge >= 0.3 is 0 Å². The van der Waals surface area contributed by atoms with E-state index < -0.39 is 10.0 Å². The number of fused-ring (bicyclic) bond motifs is 2. The van der Waals surface area contributed by atoms with E-state index in [9.17, 15) is 8.42 Å².